The van der Waals surface area contributed by atoms with Crippen molar-refractivity contribution in [3.63, 3.8) is 0 Å². The average Bonchev–Trinajstić information content (AvgIpc) is 2.59. The van der Waals surface area contributed by atoms with Gasteiger partial charge in [0.25, 0.3) is 0 Å². The molecule has 0 bridgehead atoms. The largest absolute Gasteiger partial charge is 0.491 e. The van der Waals surface area contributed by atoms with Gasteiger partial charge in [0, 0.05) is 13.1 Å². The lowest BCUT2D eigenvalue weighted by atomic mass is 10.0. The molecule has 0 aliphatic heterocycles. The first-order valence-corrected chi connectivity index (χ1v) is 8.46. The maximum absolute atomic E-state index is 11.9. The van der Waals surface area contributed by atoms with Crippen LogP contribution in [0, 0.1) is 6.92 Å². The summed E-state index contributed by atoms with van der Waals surface area (Å²) in [4.78, 5) is 11.9. The number of rotatable bonds is 7. The van der Waals surface area contributed by atoms with E-state index in [2.05, 4.69) is 10.6 Å². The fourth-order valence-corrected chi connectivity index (χ4v) is 2.46. The topological polar surface area (TPSA) is 70.6 Å². The van der Waals surface area contributed by atoms with Gasteiger partial charge in [-0.2, -0.15) is 0 Å². The Balaban J connectivity index is 1.76. The van der Waals surface area contributed by atoms with Crippen molar-refractivity contribution in [1.82, 2.24) is 10.6 Å². The average molecular weight is 342 g/mol. The minimum Gasteiger partial charge on any atom is -0.491 e. The molecule has 2 aromatic rings. The fourth-order valence-electron chi connectivity index (χ4n) is 2.46. The zero-order chi connectivity index (χ0) is 18.2. The van der Waals surface area contributed by atoms with E-state index in [1.165, 1.54) is 0 Å². The second-order valence-corrected chi connectivity index (χ2v) is 6.25. The molecule has 2 aromatic carbocycles. The first-order chi connectivity index (χ1) is 12.0. The molecule has 0 spiro atoms. The van der Waals surface area contributed by atoms with Crippen molar-refractivity contribution in [2.24, 2.45) is 0 Å². The first kappa shape index (κ1) is 18.8. The number of urea groups is 1. The number of nitrogens with one attached hydrogen (secondary N) is 2. The maximum atomic E-state index is 11.9. The molecule has 0 heterocycles. The number of ether oxygens (including phenoxy) is 1. The van der Waals surface area contributed by atoms with Crippen LogP contribution in [0.1, 0.15) is 36.6 Å². The number of carbonyl (C=O) groups excluding carboxylic acids is 1. The summed E-state index contributed by atoms with van der Waals surface area (Å²) in [5.41, 5.74) is 2.80. The lowest BCUT2D eigenvalue weighted by Crippen LogP contribution is -2.37. The third-order valence-corrected chi connectivity index (χ3v) is 3.75. The van der Waals surface area contributed by atoms with Crippen molar-refractivity contribution < 1.29 is 14.6 Å². The highest BCUT2D eigenvalue weighted by Crippen LogP contribution is 2.16. The summed E-state index contributed by atoms with van der Waals surface area (Å²) in [6, 6.07) is 14.9. The zero-order valence-electron chi connectivity index (χ0n) is 15.0. The van der Waals surface area contributed by atoms with E-state index in [9.17, 15) is 9.90 Å². The Morgan fingerprint density at radius 1 is 1.08 bits per heavy atom. The van der Waals surface area contributed by atoms with Crippen LogP contribution < -0.4 is 15.4 Å². The van der Waals surface area contributed by atoms with Crippen LogP contribution in [0.3, 0.4) is 0 Å². The Bertz CT molecular complexity index is 684. The Hall–Kier alpha value is -2.53. The summed E-state index contributed by atoms with van der Waals surface area (Å²) in [6.45, 7) is 6.47. The molecule has 0 fully saturated rings. The number of benzene rings is 2. The standard InChI is InChI=1S/C20H26N2O3/c1-14(2)25-17-10-8-16(9-11-17)12-21-20(24)22-13-19(23)18-7-5-4-6-15(18)3/h4-11,14,19,23H,12-13H2,1-3H3,(H2,21,22,24). The van der Waals surface area contributed by atoms with Gasteiger partial charge in [-0.3, -0.25) is 0 Å². The SMILES string of the molecule is Cc1ccccc1C(O)CNC(=O)NCc1ccc(OC(C)C)cc1. The van der Waals surface area contributed by atoms with Crippen molar-refractivity contribution in [3.05, 3.63) is 65.2 Å². The molecule has 1 unspecified atom stereocenters. The van der Waals surface area contributed by atoms with Crippen molar-refractivity contribution in [1.29, 1.82) is 0 Å². The molecule has 25 heavy (non-hydrogen) atoms. The Morgan fingerprint density at radius 3 is 2.40 bits per heavy atom. The van der Waals surface area contributed by atoms with Gasteiger partial charge in [-0.05, 0) is 49.6 Å². The minimum absolute atomic E-state index is 0.134. The van der Waals surface area contributed by atoms with Gasteiger partial charge in [-0.15, -0.1) is 0 Å². The van der Waals surface area contributed by atoms with E-state index in [4.69, 9.17) is 4.74 Å². The Labute approximate surface area is 149 Å². The lowest BCUT2D eigenvalue weighted by molar-refractivity contribution is 0.172. The van der Waals surface area contributed by atoms with Gasteiger partial charge in [0.05, 0.1) is 12.2 Å². The van der Waals surface area contributed by atoms with Gasteiger partial charge < -0.3 is 20.5 Å². The number of amides is 2. The molecular formula is C20H26N2O3. The second-order valence-electron chi connectivity index (χ2n) is 6.25. The van der Waals surface area contributed by atoms with E-state index in [1.807, 2.05) is 69.3 Å². The van der Waals surface area contributed by atoms with Crippen LogP contribution >= 0.6 is 0 Å². The van der Waals surface area contributed by atoms with Gasteiger partial charge in [-0.25, -0.2) is 4.79 Å². The van der Waals surface area contributed by atoms with E-state index in [-0.39, 0.29) is 18.7 Å². The van der Waals surface area contributed by atoms with Crippen LogP contribution in [0.5, 0.6) is 5.75 Å². The summed E-state index contributed by atoms with van der Waals surface area (Å²) >= 11 is 0. The van der Waals surface area contributed by atoms with Crippen LogP contribution in [0.4, 0.5) is 4.79 Å². The van der Waals surface area contributed by atoms with Gasteiger partial charge >= 0.3 is 6.03 Å². The van der Waals surface area contributed by atoms with Crippen LogP contribution in [-0.4, -0.2) is 23.8 Å². The number of hydrogen-bond donors (Lipinski definition) is 3. The summed E-state index contributed by atoms with van der Waals surface area (Å²) < 4.78 is 5.58. The van der Waals surface area contributed by atoms with Gasteiger partial charge in [0.15, 0.2) is 0 Å². The molecule has 0 aliphatic carbocycles. The van der Waals surface area contributed by atoms with Crippen molar-refractivity contribution in [2.45, 2.75) is 39.5 Å². The third-order valence-electron chi connectivity index (χ3n) is 3.75. The lowest BCUT2D eigenvalue weighted by Gasteiger charge is -2.15. The fraction of sp³-hybridized carbons (Fsp3) is 0.350. The van der Waals surface area contributed by atoms with Crippen LogP contribution in [0.25, 0.3) is 0 Å². The summed E-state index contributed by atoms with van der Waals surface area (Å²) in [5, 5.41) is 15.7. The monoisotopic (exact) mass is 342 g/mol. The molecule has 134 valence electrons. The molecule has 0 saturated heterocycles. The van der Waals surface area contributed by atoms with Crippen LogP contribution in [-0.2, 0) is 6.54 Å². The number of aliphatic hydroxyl groups excluding tert-OH is 1. The minimum atomic E-state index is -0.723. The van der Waals surface area contributed by atoms with E-state index in [1.54, 1.807) is 0 Å². The molecule has 2 rings (SSSR count). The summed E-state index contributed by atoms with van der Waals surface area (Å²) in [7, 11) is 0. The molecule has 0 aromatic heterocycles. The predicted molar refractivity (Wildman–Crippen MR) is 98.6 cm³/mol. The molecule has 0 saturated carbocycles. The molecule has 3 N–H and O–H groups in total. The van der Waals surface area contributed by atoms with Gasteiger partial charge in [0.2, 0.25) is 0 Å². The predicted octanol–water partition coefficient (Wildman–Crippen LogP) is 3.32. The van der Waals surface area contributed by atoms with E-state index < -0.39 is 6.10 Å². The molecular weight excluding hydrogens is 316 g/mol. The van der Waals surface area contributed by atoms with Gasteiger partial charge in [0.1, 0.15) is 5.75 Å². The molecule has 0 aliphatic rings. The molecule has 0 radical (unpaired) electrons. The van der Waals surface area contributed by atoms with Crippen LogP contribution in [0.15, 0.2) is 48.5 Å². The summed E-state index contributed by atoms with van der Waals surface area (Å²) in [5.74, 6) is 0.810. The van der Waals surface area contributed by atoms with Crippen LogP contribution in [0.2, 0.25) is 0 Å². The van der Waals surface area contributed by atoms with Crippen molar-refractivity contribution in [3.8, 4) is 5.75 Å². The van der Waals surface area contributed by atoms with E-state index in [0.717, 1.165) is 22.4 Å². The molecule has 1 atom stereocenters. The van der Waals surface area contributed by atoms with E-state index >= 15 is 0 Å². The number of hydrogen-bond acceptors (Lipinski definition) is 3. The third kappa shape index (κ3) is 6.12. The zero-order valence-corrected chi connectivity index (χ0v) is 15.0. The maximum Gasteiger partial charge on any atom is 0.315 e. The Kier molecular flexibility index (Phi) is 6.83. The second kappa shape index (κ2) is 9.08. The first-order valence-electron chi connectivity index (χ1n) is 8.46. The van der Waals surface area contributed by atoms with E-state index in [0.29, 0.717) is 6.54 Å². The van der Waals surface area contributed by atoms with Crippen molar-refractivity contribution >= 4 is 6.03 Å². The Morgan fingerprint density at radius 2 is 1.76 bits per heavy atom. The van der Waals surface area contributed by atoms with Gasteiger partial charge in [-0.1, -0.05) is 36.4 Å². The highest BCUT2D eigenvalue weighted by atomic mass is 16.5. The normalized spacial score (nSPS) is 11.9. The number of aliphatic hydroxyl groups is 1. The summed E-state index contributed by atoms with van der Waals surface area (Å²) in [6.07, 6.45) is -0.589. The molecule has 2 amide bonds. The smallest absolute Gasteiger partial charge is 0.315 e. The highest BCUT2D eigenvalue weighted by Gasteiger charge is 2.11. The molecule has 5 nitrogen and oxygen atoms in total. The highest BCUT2D eigenvalue weighted by molar-refractivity contribution is 5.73. The van der Waals surface area contributed by atoms with Crippen molar-refractivity contribution in [2.75, 3.05) is 6.54 Å². The number of aryl methyl sites for hydroxylation is 1. The quantitative estimate of drug-likeness (QED) is 0.723. The number of carbonyl (C=O) groups is 1. The molecule has 5 heteroatoms.